The van der Waals surface area contributed by atoms with E-state index in [-0.39, 0.29) is 28.7 Å². The second-order valence-corrected chi connectivity index (χ2v) is 10.4. The van der Waals surface area contributed by atoms with Crippen LogP contribution in [-0.4, -0.2) is 68.0 Å². The van der Waals surface area contributed by atoms with Crippen LogP contribution in [0.3, 0.4) is 0 Å². The van der Waals surface area contributed by atoms with Crippen molar-refractivity contribution in [3.8, 4) is 17.2 Å². The van der Waals surface area contributed by atoms with E-state index in [0.29, 0.717) is 47.5 Å². The fourth-order valence-corrected chi connectivity index (χ4v) is 4.42. The predicted octanol–water partition coefficient (Wildman–Crippen LogP) is 3.69. The zero-order valence-corrected chi connectivity index (χ0v) is 26.1. The average molecular weight is 604 g/mol. The molecule has 2 rings (SSSR count). The Kier molecular flexibility index (Phi) is 15.7. The third kappa shape index (κ3) is 11.6. The normalized spacial score (nSPS) is 10.9. The maximum absolute atomic E-state index is 12.8. The van der Waals surface area contributed by atoms with Crippen LogP contribution in [0.2, 0.25) is 0 Å². The predicted molar refractivity (Wildman–Crippen MR) is 155 cm³/mol. The van der Waals surface area contributed by atoms with Gasteiger partial charge in [0.2, 0.25) is 0 Å². The molecule has 1 amide bonds. The van der Waals surface area contributed by atoms with E-state index >= 15 is 0 Å². The van der Waals surface area contributed by atoms with Crippen LogP contribution in [0.4, 0.5) is 0 Å². The van der Waals surface area contributed by atoms with Crippen molar-refractivity contribution in [1.29, 1.82) is 0 Å². The summed E-state index contributed by atoms with van der Waals surface area (Å²) in [6.07, 6.45) is 6.81. The largest absolute Gasteiger partial charge is 1.00 e. The van der Waals surface area contributed by atoms with Crippen LogP contribution in [0.25, 0.3) is 0 Å². The lowest BCUT2D eigenvalue weighted by Crippen LogP contribution is -3.00. The Hall–Kier alpha value is -2.64. The molecule has 0 aromatic heterocycles. The van der Waals surface area contributed by atoms with Gasteiger partial charge in [-0.05, 0) is 62.4 Å². The van der Waals surface area contributed by atoms with Crippen LogP contribution >= 0.6 is 0 Å². The smallest absolute Gasteiger partial charge is 0.277 e. The molecule has 0 spiro atoms. The first-order chi connectivity index (χ1) is 18.2. The minimum Gasteiger partial charge on any atom is -1.00 e. The summed E-state index contributed by atoms with van der Waals surface area (Å²) in [4.78, 5) is 26.7. The number of quaternary nitrogens is 1. The SMILES string of the molecule is C=CCc1cccc(Oc2ccc(C(=O)CC)cc2)c1OCCCC[N+](C)(C)CC(=O)N(CCC)CCC.[Br-]. The van der Waals surface area contributed by atoms with E-state index in [9.17, 15) is 9.59 Å². The summed E-state index contributed by atoms with van der Waals surface area (Å²) in [7, 11) is 4.25. The first-order valence-electron chi connectivity index (χ1n) is 14.0. The summed E-state index contributed by atoms with van der Waals surface area (Å²) in [5, 5.41) is 0. The number of ketones is 1. The maximum Gasteiger partial charge on any atom is 0.277 e. The topological polar surface area (TPSA) is 55.8 Å². The van der Waals surface area contributed by atoms with Crippen molar-refractivity contribution in [1.82, 2.24) is 4.90 Å². The van der Waals surface area contributed by atoms with Crippen molar-refractivity contribution < 1.29 is 40.5 Å². The quantitative estimate of drug-likeness (QED) is 0.113. The van der Waals surface area contributed by atoms with Gasteiger partial charge in [0.05, 0.1) is 27.2 Å². The minimum atomic E-state index is 0. The first-order valence-corrected chi connectivity index (χ1v) is 14.0. The molecule has 216 valence electrons. The van der Waals surface area contributed by atoms with Crippen molar-refractivity contribution in [2.24, 2.45) is 0 Å². The van der Waals surface area contributed by atoms with Crippen molar-refractivity contribution in [3.63, 3.8) is 0 Å². The third-order valence-corrected chi connectivity index (χ3v) is 6.46. The molecule has 0 saturated carbocycles. The highest BCUT2D eigenvalue weighted by atomic mass is 79.9. The van der Waals surface area contributed by atoms with Gasteiger partial charge in [0, 0.05) is 30.6 Å². The summed E-state index contributed by atoms with van der Waals surface area (Å²) in [5.74, 6) is 2.37. The molecule has 0 fully saturated rings. The number of likely N-dealkylation sites (N-methyl/N-ethyl adjacent to an activating group) is 1. The lowest BCUT2D eigenvalue weighted by Gasteiger charge is -2.32. The fraction of sp³-hybridized carbons (Fsp3) is 0.500. The number of ether oxygens (including phenoxy) is 2. The molecule has 0 atom stereocenters. The van der Waals surface area contributed by atoms with Gasteiger partial charge in [-0.3, -0.25) is 9.59 Å². The van der Waals surface area contributed by atoms with Gasteiger partial charge in [-0.15, -0.1) is 6.58 Å². The highest BCUT2D eigenvalue weighted by Gasteiger charge is 2.23. The Morgan fingerprint density at radius 2 is 1.64 bits per heavy atom. The van der Waals surface area contributed by atoms with E-state index < -0.39 is 0 Å². The average Bonchev–Trinajstić information content (AvgIpc) is 2.89. The fourth-order valence-electron chi connectivity index (χ4n) is 4.42. The van der Waals surface area contributed by atoms with Crippen LogP contribution in [-0.2, 0) is 11.2 Å². The summed E-state index contributed by atoms with van der Waals surface area (Å²) in [5.41, 5.74) is 1.70. The molecule has 39 heavy (non-hydrogen) atoms. The van der Waals surface area contributed by atoms with Crippen LogP contribution in [0.15, 0.2) is 55.1 Å². The molecule has 0 heterocycles. The zero-order chi connectivity index (χ0) is 28.0. The zero-order valence-electron chi connectivity index (χ0n) is 24.5. The number of hydrogen-bond donors (Lipinski definition) is 0. The van der Waals surface area contributed by atoms with E-state index in [4.69, 9.17) is 9.47 Å². The molecule has 0 bridgehead atoms. The van der Waals surface area contributed by atoms with Crippen molar-refractivity contribution in [3.05, 3.63) is 66.2 Å². The number of allylic oxidation sites excluding steroid dienone is 1. The molecule has 0 aliphatic heterocycles. The van der Waals surface area contributed by atoms with Gasteiger partial charge in [0.15, 0.2) is 23.8 Å². The van der Waals surface area contributed by atoms with Gasteiger partial charge < -0.3 is 35.8 Å². The van der Waals surface area contributed by atoms with E-state index in [0.717, 1.165) is 56.6 Å². The first kappa shape index (κ1) is 34.4. The molecule has 7 heteroatoms. The van der Waals surface area contributed by atoms with Gasteiger partial charge in [-0.1, -0.05) is 39.0 Å². The lowest BCUT2D eigenvalue weighted by atomic mass is 10.1. The molecular formula is C32H47BrN2O4. The van der Waals surface area contributed by atoms with Gasteiger partial charge in [0.25, 0.3) is 5.91 Å². The minimum absolute atomic E-state index is 0. The Bertz CT molecular complexity index is 1030. The molecule has 0 saturated heterocycles. The van der Waals surface area contributed by atoms with Gasteiger partial charge in [-0.25, -0.2) is 0 Å². The summed E-state index contributed by atoms with van der Waals surface area (Å²) in [6.45, 7) is 13.6. The Morgan fingerprint density at radius 1 is 0.974 bits per heavy atom. The number of carbonyl (C=O) groups is 2. The molecule has 0 aliphatic carbocycles. The van der Waals surface area contributed by atoms with Crippen LogP contribution in [0.1, 0.15) is 68.8 Å². The van der Waals surface area contributed by atoms with Crippen molar-refractivity contribution in [2.45, 2.75) is 59.3 Å². The summed E-state index contributed by atoms with van der Waals surface area (Å²) < 4.78 is 13.1. The van der Waals surface area contributed by atoms with Crippen molar-refractivity contribution in [2.75, 3.05) is 46.9 Å². The number of para-hydroxylation sites is 1. The molecule has 6 nitrogen and oxygen atoms in total. The van der Waals surface area contributed by atoms with E-state index in [1.165, 1.54) is 0 Å². The summed E-state index contributed by atoms with van der Waals surface area (Å²) in [6, 6.07) is 13.1. The Balaban J connectivity index is 0.00000760. The number of rotatable bonds is 18. The van der Waals surface area contributed by atoms with E-state index in [1.807, 2.05) is 48.2 Å². The second kappa shape index (κ2) is 17.9. The molecule has 0 N–H and O–H groups in total. The van der Waals surface area contributed by atoms with Crippen molar-refractivity contribution >= 4 is 11.7 Å². The monoisotopic (exact) mass is 602 g/mol. The van der Waals surface area contributed by atoms with E-state index in [2.05, 4.69) is 34.5 Å². The molecular weight excluding hydrogens is 556 g/mol. The highest BCUT2D eigenvalue weighted by molar-refractivity contribution is 5.95. The number of hydrogen-bond acceptors (Lipinski definition) is 4. The number of amides is 1. The van der Waals surface area contributed by atoms with Gasteiger partial charge in [0.1, 0.15) is 5.75 Å². The third-order valence-electron chi connectivity index (χ3n) is 6.46. The van der Waals surface area contributed by atoms with Gasteiger partial charge in [-0.2, -0.15) is 0 Å². The Labute approximate surface area is 246 Å². The van der Waals surface area contributed by atoms with Crippen LogP contribution in [0, 0.1) is 0 Å². The molecule has 0 unspecified atom stereocenters. The molecule has 2 aromatic carbocycles. The number of halogens is 1. The summed E-state index contributed by atoms with van der Waals surface area (Å²) >= 11 is 0. The number of benzene rings is 2. The number of nitrogens with zero attached hydrogens (tertiary/aromatic N) is 2. The number of carbonyl (C=O) groups excluding carboxylic acids is 2. The van der Waals surface area contributed by atoms with E-state index in [1.54, 1.807) is 12.1 Å². The lowest BCUT2D eigenvalue weighted by molar-refractivity contribution is -0.883. The molecule has 0 radical (unpaired) electrons. The Morgan fingerprint density at radius 3 is 2.23 bits per heavy atom. The van der Waals surface area contributed by atoms with Crippen LogP contribution in [0.5, 0.6) is 17.2 Å². The number of Topliss-reactive ketones (excluding diaryl/α,β-unsaturated/α-hetero) is 1. The number of unbranched alkanes of at least 4 members (excludes halogenated alkanes) is 1. The maximum atomic E-state index is 12.8. The van der Waals surface area contributed by atoms with Gasteiger partial charge >= 0.3 is 0 Å². The standard InChI is InChI=1S/C32H47N2O4.BrH/c1-7-14-27-15-13-16-30(38-28-19-17-26(18-20-28)29(35)10-4)32(27)37-24-12-11-23-34(5,6)25-31(36)33(21-8-2)22-9-3;/h7,13,15-20H,1,8-12,14,21-25H2,2-6H3;1H/q+1;/p-1. The second-order valence-electron chi connectivity index (χ2n) is 10.4. The molecule has 0 aliphatic rings. The van der Waals surface area contributed by atoms with Crippen LogP contribution < -0.4 is 26.5 Å². The molecule has 2 aromatic rings. The highest BCUT2D eigenvalue weighted by Crippen LogP contribution is 2.35.